The number of amides is 1. The zero-order valence-electron chi connectivity index (χ0n) is 19.2. The zero-order chi connectivity index (χ0) is 25.8. The quantitative estimate of drug-likeness (QED) is 0.253. The van der Waals surface area contributed by atoms with E-state index in [0.29, 0.717) is 27.9 Å². The summed E-state index contributed by atoms with van der Waals surface area (Å²) in [4.78, 5) is 28.2. The molecular formula is C28H19BrClFN4O2. The molecule has 4 aromatic rings. The van der Waals surface area contributed by atoms with Gasteiger partial charge in [-0.1, -0.05) is 70.0 Å². The molecule has 9 heteroatoms. The van der Waals surface area contributed by atoms with Crippen LogP contribution >= 0.6 is 27.5 Å². The molecule has 37 heavy (non-hydrogen) atoms. The van der Waals surface area contributed by atoms with Crippen LogP contribution in [0.15, 0.2) is 112 Å². The van der Waals surface area contributed by atoms with Gasteiger partial charge in [-0.05, 0) is 54.6 Å². The lowest BCUT2D eigenvalue weighted by atomic mass is 10.0. The first kappa shape index (κ1) is 24.7. The fourth-order valence-electron chi connectivity index (χ4n) is 3.81. The number of hydrogen-bond donors (Lipinski definition) is 1. The molecule has 6 nitrogen and oxygen atoms in total. The van der Waals surface area contributed by atoms with Crippen LogP contribution in [-0.2, 0) is 4.84 Å². The van der Waals surface area contributed by atoms with E-state index in [1.54, 1.807) is 24.3 Å². The van der Waals surface area contributed by atoms with Gasteiger partial charge in [-0.2, -0.15) is 5.06 Å². The summed E-state index contributed by atoms with van der Waals surface area (Å²) in [7, 11) is 0. The van der Waals surface area contributed by atoms with Gasteiger partial charge >= 0.3 is 6.09 Å². The fourth-order valence-corrected chi connectivity index (χ4v) is 4.39. The van der Waals surface area contributed by atoms with Crippen LogP contribution in [0.3, 0.4) is 0 Å². The van der Waals surface area contributed by atoms with E-state index in [2.05, 4.69) is 21.2 Å². The summed E-state index contributed by atoms with van der Waals surface area (Å²) >= 11 is 10.1. The molecule has 0 radical (unpaired) electrons. The Morgan fingerprint density at radius 3 is 2.51 bits per heavy atom. The lowest BCUT2D eigenvalue weighted by molar-refractivity contribution is 0.165. The molecule has 0 aliphatic carbocycles. The monoisotopic (exact) mass is 576 g/mol. The van der Waals surface area contributed by atoms with Crippen molar-refractivity contribution >= 4 is 62.2 Å². The number of anilines is 2. The molecule has 0 bridgehead atoms. The van der Waals surface area contributed by atoms with Gasteiger partial charge in [0.2, 0.25) is 0 Å². The molecule has 4 aromatic carbocycles. The molecule has 1 aliphatic rings. The van der Waals surface area contributed by atoms with Gasteiger partial charge in [0.1, 0.15) is 12.4 Å². The number of carbonyl (C=O) groups is 1. The molecule has 0 aromatic heterocycles. The van der Waals surface area contributed by atoms with E-state index in [9.17, 15) is 9.18 Å². The molecule has 0 saturated carbocycles. The average molecular weight is 578 g/mol. The fraction of sp³-hybridized carbons (Fsp3) is 0.0357. The Morgan fingerprint density at radius 2 is 1.73 bits per heavy atom. The molecule has 0 fully saturated rings. The number of fused-ring (bicyclic) bond motifs is 1. The van der Waals surface area contributed by atoms with E-state index in [1.807, 2.05) is 54.6 Å². The number of nitrogens with zero attached hydrogens (tertiary/aromatic N) is 3. The SMILES string of the molecule is O=C(Nc1cccc(F)c1)ON(C1=Nc2ccc(Br)cc2C(c2ccccc2Cl)=NC1)c1ccccc1. The second kappa shape index (κ2) is 10.9. The summed E-state index contributed by atoms with van der Waals surface area (Å²) in [6, 6.07) is 27.7. The van der Waals surface area contributed by atoms with E-state index in [0.717, 1.165) is 15.6 Å². The van der Waals surface area contributed by atoms with Gasteiger partial charge < -0.3 is 4.84 Å². The number of halogens is 3. The van der Waals surface area contributed by atoms with Crippen molar-refractivity contribution in [3.05, 3.63) is 124 Å². The highest BCUT2D eigenvalue weighted by Gasteiger charge is 2.24. The third-order valence-corrected chi connectivity index (χ3v) is 6.26. The van der Waals surface area contributed by atoms with E-state index in [-0.39, 0.29) is 12.2 Å². The Labute approximate surface area is 226 Å². The van der Waals surface area contributed by atoms with Crippen LogP contribution in [-0.4, -0.2) is 24.2 Å². The molecule has 0 saturated heterocycles. The van der Waals surface area contributed by atoms with E-state index in [1.165, 1.54) is 23.3 Å². The van der Waals surface area contributed by atoms with Crippen molar-refractivity contribution in [3.8, 4) is 0 Å². The maximum atomic E-state index is 13.6. The first-order chi connectivity index (χ1) is 18.0. The van der Waals surface area contributed by atoms with Crippen molar-refractivity contribution in [1.82, 2.24) is 0 Å². The number of hydrogen-bond acceptors (Lipinski definition) is 5. The molecule has 0 spiro atoms. The molecule has 184 valence electrons. The molecule has 5 rings (SSSR count). The van der Waals surface area contributed by atoms with Gasteiger partial charge in [-0.15, -0.1) is 0 Å². The van der Waals surface area contributed by atoms with Gasteiger partial charge in [-0.25, -0.2) is 14.2 Å². The second-order valence-electron chi connectivity index (χ2n) is 7.98. The smallest absolute Gasteiger partial charge is 0.315 e. The van der Waals surface area contributed by atoms with Crippen LogP contribution in [0.2, 0.25) is 5.02 Å². The average Bonchev–Trinajstić information content (AvgIpc) is 3.07. The van der Waals surface area contributed by atoms with Crippen molar-refractivity contribution in [3.63, 3.8) is 0 Å². The first-order valence-electron chi connectivity index (χ1n) is 11.2. The van der Waals surface area contributed by atoms with Crippen LogP contribution in [0, 0.1) is 5.82 Å². The van der Waals surface area contributed by atoms with Crippen molar-refractivity contribution in [2.45, 2.75) is 0 Å². The summed E-state index contributed by atoms with van der Waals surface area (Å²) in [5.41, 5.74) is 3.65. The van der Waals surface area contributed by atoms with E-state index < -0.39 is 11.9 Å². The number of para-hydroxylation sites is 1. The van der Waals surface area contributed by atoms with Crippen molar-refractivity contribution in [1.29, 1.82) is 0 Å². The topological polar surface area (TPSA) is 66.3 Å². The van der Waals surface area contributed by atoms with Gasteiger partial charge in [-0.3, -0.25) is 10.3 Å². The van der Waals surface area contributed by atoms with Crippen molar-refractivity contribution in [2.24, 2.45) is 9.98 Å². The lowest BCUT2D eigenvalue weighted by Crippen LogP contribution is -2.37. The standard InChI is InChI=1S/C28H19BrClFN4O2/c29-18-13-14-25-23(15-18)27(22-11-4-5-12-24(22)30)32-17-26(34-25)35(21-9-2-1-3-10-21)37-28(36)33-20-8-6-7-19(31)16-20/h1-16H,17H2,(H,33,36). The highest BCUT2D eigenvalue weighted by molar-refractivity contribution is 9.10. The van der Waals surface area contributed by atoms with E-state index in [4.69, 9.17) is 26.4 Å². The highest BCUT2D eigenvalue weighted by atomic mass is 79.9. The van der Waals surface area contributed by atoms with Crippen LogP contribution in [0.25, 0.3) is 0 Å². The maximum Gasteiger partial charge on any atom is 0.436 e. The Hall–Kier alpha value is -4.01. The molecule has 1 N–H and O–H groups in total. The Balaban J connectivity index is 1.55. The molecule has 1 aliphatic heterocycles. The lowest BCUT2D eigenvalue weighted by Gasteiger charge is -2.23. The predicted molar refractivity (Wildman–Crippen MR) is 149 cm³/mol. The van der Waals surface area contributed by atoms with Gasteiger partial charge in [0.15, 0.2) is 5.84 Å². The summed E-state index contributed by atoms with van der Waals surface area (Å²) in [5.74, 6) is -0.110. The number of nitrogens with one attached hydrogen (secondary N) is 1. The molecule has 1 amide bonds. The largest absolute Gasteiger partial charge is 0.436 e. The Kier molecular flexibility index (Phi) is 7.30. The minimum Gasteiger partial charge on any atom is -0.315 e. The maximum absolute atomic E-state index is 13.6. The normalized spacial score (nSPS) is 12.5. The van der Waals surface area contributed by atoms with Crippen LogP contribution in [0.1, 0.15) is 11.1 Å². The minimum atomic E-state index is -0.812. The van der Waals surface area contributed by atoms with E-state index >= 15 is 0 Å². The number of aliphatic imine (C=N–C) groups is 2. The van der Waals surface area contributed by atoms with Gasteiger partial charge in [0.05, 0.1) is 17.1 Å². The van der Waals surface area contributed by atoms with Crippen molar-refractivity contribution < 1.29 is 14.0 Å². The molecule has 0 atom stereocenters. The third kappa shape index (κ3) is 5.71. The first-order valence-corrected chi connectivity index (χ1v) is 12.4. The van der Waals surface area contributed by atoms with Crippen LogP contribution < -0.4 is 10.4 Å². The second-order valence-corrected chi connectivity index (χ2v) is 9.30. The number of benzene rings is 4. The summed E-state index contributed by atoms with van der Waals surface area (Å²) in [5, 5.41) is 4.42. The van der Waals surface area contributed by atoms with Gasteiger partial charge in [0.25, 0.3) is 0 Å². The molecular weight excluding hydrogens is 559 g/mol. The minimum absolute atomic E-state index is 0.0923. The Morgan fingerprint density at radius 1 is 0.946 bits per heavy atom. The number of hydroxylamine groups is 1. The Bertz CT molecular complexity index is 1530. The van der Waals surface area contributed by atoms with Crippen LogP contribution in [0.5, 0.6) is 0 Å². The van der Waals surface area contributed by atoms with Gasteiger partial charge in [0, 0.05) is 26.3 Å². The number of rotatable bonds is 3. The molecule has 1 heterocycles. The summed E-state index contributed by atoms with van der Waals surface area (Å²) in [6.07, 6.45) is -0.812. The summed E-state index contributed by atoms with van der Waals surface area (Å²) < 4.78 is 14.5. The number of carbonyl (C=O) groups excluding carboxylic acids is 1. The number of amidine groups is 1. The summed E-state index contributed by atoms with van der Waals surface area (Å²) in [6.45, 7) is 0.0923. The third-order valence-electron chi connectivity index (χ3n) is 5.44. The highest BCUT2D eigenvalue weighted by Crippen LogP contribution is 2.32. The predicted octanol–water partition coefficient (Wildman–Crippen LogP) is 7.79. The zero-order valence-corrected chi connectivity index (χ0v) is 21.6. The van der Waals surface area contributed by atoms with Crippen LogP contribution in [0.4, 0.5) is 26.2 Å². The molecule has 0 unspecified atom stereocenters. The van der Waals surface area contributed by atoms with Crippen molar-refractivity contribution in [2.75, 3.05) is 16.9 Å².